The van der Waals surface area contributed by atoms with Crippen LogP contribution in [-0.2, 0) is 0 Å². The fourth-order valence-corrected chi connectivity index (χ4v) is 1.98. The highest BCUT2D eigenvalue weighted by Crippen LogP contribution is 2.31. The van der Waals surface area contributed by atoms with Crippen LogP contribution in [0, 0.1) is 0 Å². The molecule has 0 fully saturated rings. The lowest BCUT2D eigenvalue weighted by Crippen LogP contribution is -1.94. The highest BCUT2D eigenvalue weighted by molar-refractivity contribution is 6.35. The molecule has 0 N–H and O–H groups in total. The number of ether oxygens (including phenoxy) is 1. The number of alkyl halides is 1. The van der Waals surface area contributed by atoms with E-state index < -0.39 is 0 Å². The number of hydrogen-bond donors (Lipinski definition) is 0. The van der Waals surface area contributed by atoms with Crippen molar-refractivity contribution in [3.8, 4) is 5.75 Å². The number of hydrogen-bond acceptors (Lipinski definition) is 1. The largest absolute Gasteiger partial charge is 0.489 e. The van der Waals surface area contributed by atoms with Crippen molar-refractivity contribution in [2.45, 2.75) is 0 Å². The van der Waals surface area contributed by atoms with Gasteiger partial charge in [-0.3, -0.25) is 0 Å². The second kappa shape index (κ2) is 5.95. The van der Waals surface area contributed by atoms with Crippen LogP contribution in [0.15, 0.2) is 48.6 Å². The minimum absolute atomic E-state index is 0.505. The normalized spacial score (nSPS) is 11.2. The van der Waals surface area contributed by atoms with E-state index in [1.54, 1.807) is 0 Å². The van der Waals surface area contributed by atoms with Crippen LogP contribution < -0.4 is 4.74 Å². The van der Waals surface area contributed by atoms with Gasteiger partial charge in [0.15, 0.2) is 0 Å². The Bertz CT molecular complexity index is 535. The van der Waals surface area contributed by atoms with Crippen molar-refractivity contribution in [2.75, 3.05) is 12.5 Å². The molecule has 1 nitrogen and oxygen atoms in total. The van der Waals surface area contributed by atoms with Crippen molar-refractivity contribution in [3.05, 3.63) is 53.6 Å². The number of allylic oxidation sites excluding steroid dienone is 1. The SMILES string of the molecule is ClCC=CCOc1ccc(Cl)c2ccccc12. The van der Waals surface area contributed by atoms with Crippen LogP contribution in [0.2, 0.25) is 5.02 Å². The minimum atomic E-state index is 0.505. The van der Waals surface area contributed by atoms with Crippen molar-refractivity contribution in [3.63, 3.8) is 0 Å². The summed E-state index contributed by atoms with van der Waals surface area (Å²) in [5.74, 6) is 1.34. The third kappa shape index (κ3) is 2.93. The van der Waals surface area contributed by atoms with Gasteiger partial charge in [0.05, 0.1) is 0 Å². The molecule has 0 aliphatic carbocycles. The van der Waals surface area contributed by atoms with Gasteiger partial charge >= 0.3 is 0 Å². The van der Waals surface area contributed by atoms with Crippen LogP contribution in [-0.4, -0.2) is 12.5 Å². The van der Waals surface area contributed by atoms with Gasteiger partial charge < -0.3 is 4.74 Å². The molecule has 2 aromatic rings. The number of fused-ring (bicyclic) bond motifs is 1. The molecule has 0 atom stereocenters. The van der Waals surface area contributed by atoms with Gasteiger partial charge in [-0.2, -0.15) is 0 Å². The van der Waals surface area contributed by atoms with Crippen LogP contribution >= 0.6 is 23.2 Å². The molecule has 0 bridgehead atoms. The molecule has 0 spiro atoms. The van der Waals surface area contributed by atoms with Crippen LogP contribution in [0.3, 0.4) is 0 Å². The first kappa shape index (κ1) is 12.3. The van der Waals surface area contributed by atoms with Gasteiger partial charge in [-0.05, 0) is 12.1 Å². The molecule has 0 aromatic heterocycles. The molecule has 2 aromatic carbocycles. The average molecular weight is 267 g/mol. The molecular formula is C14H12Cl2O. The van der Waals surface area contributed by atoms with Gasteiger partial charge in [-0.1, -0.05) is 48.0 Å². The fraction of sp³-hybridized carbons (Fsp3) is 0.143. The summed E-state index contributed by atoms with van der Waals surface area (Å²) in [5, 5.41) is 2.77. The van der Waals surface area contributed by atoms with E-state index >= 15 is 0 Å². The van der Waals surface area contributed by atoms with Gasteiger partial charge in [0.2, 0.25) is 0 Å². The van der Waals surface area contributed by atoms with Crippen molar-refractivity contribution >= 4 is 34.0 Å². The van der Waals surface area contributed by atoms with Gasteiger partial charge in [0.1, 0.15) is 12.4 Å². The quantitative estimate of drug-likeness (QED) is 0.578. The summed E-state index contributed by atoms with van der Waals surface area (Å²) >= 11 is 11.7. The van der Waals surface area contributed by atoms with Crippen molar-refractivity contribution in [1.29, 1.82) is 0 Å². The van der Waals surface area contributed by atoms with E-state index in [2.05, 4.69) is 0 Å². The highest BCUT2D eigenvalue weighted by Gasteiger charge is 2.04. The second-order valence-corrected chi connectivity index (χ2v) is 4.24. The summed E-state index contributed by atoms with van der Waals surface area (Å²) in [4.78, 5) is 0. The minimum Gasteiger partial charge on any atom is -0.489 e. The van der Waals surface area contributed by atoms with Crippen molar-refractivity contribution in [1.82, 2.24) is 0 Å². The first-order chi connectivity index (χ1) is 8.33. The Balaban J connectivity index is 2.28. The maximum Gasteiger partial charge on any atom is 0.127 e. The zero-order chi connectivity index (χ0) is 12.1. The summed E-state index contributed by atoms with van der Waals surface area (Å²) in [7, 11) is 0. The maximum atomic E-state index is 6.13. The third-order valence-electron chi connectivity index (χ3n) is 2.42. The Hall–Kier alpha value is -1.18. The van der Waals surface area contributed by atoms with Crippen LogP contribution in [0.1, 0.15) is 0 Å². The maximum absolute atomic E-state index is 6.13. The molecular weight excluding hydrogens is 255 g/mol. The summed E-state index contributed by atoms with van der Waals surface area (Å²) < 4.78 is 5.67. The lowest BCUT2D eigenvalue weighted by molar-refractivity contribution is 0.367. The standard InChI is InChI=1S/C14H12Cl2O/c15-9-3-4-10-17-14-8-7-13(16)11-5-1-2-6-12(11)14/h1-8H,9-10H2. The van der Waals surface area contributed by atoms with Gasteiger partial charge in [-0.25, -0.2) is 0 Å². The predicted octanol–water partition coefficient (Wildman–Crippen LogP) is 4.67. The number of benzene rings is 2. The van der Waals surface area contributed by atoms with Crippen LogP contribution in [0.5, 0.6) is 5.75 Å². The molecule has 0 heterocycles. The molecule has 0 unspecified atom stereocenters. The fourth-order valence-electron chi connectivity index (χ4n) is 1.63. The lowest BCUT2D eigenvalue weighted by Gasteiger charge is -2.08. The molecule has 17 heavy (non-hydrogen) atoms. The Morgan fingerprint density at radius 2 is 1.76 bits per heavy atom. The zero-order valence-electron chi connectivity index (χ0n) is 9.20. The van der Waals surface area contributed by atoms with Crippen molar-refractivity contribution in [2.24, 2.45) is 0 Å². The van der Waals surface area contributed by atoms with E-state index in [4.69, 9.17) is 27.9 Å². The van der Waals surface area contributed by atoms with Crippen LogP contribution in [0.25, 0.3) is 10.8 Å². The molecule has 0 radical (unpaired) electrons. The monoisotopic (exact) mass is 266 g/mol. The number of rotatable bonds is 4. The van der Waals surface area contributed by atoms with E-state index in [9.17, 15) is 0 Å². The smallest absolute Gasteiger partial charge is 0.127 e. The Morgan fingerprint density at radius 3 is 2.53 bits per heavy atom. The number of halogens is 2. The Labute approximate surface area is 111 Å². The van der Waals surface area contributed by atoms with Gasteiger partial charge in [0.25, 0.3) is 0 Å². The van der Waals surface area contributed by atoms with E-state index in [-0.39, 0.29) is 0 Å². The van der Waals surface area contributed by atoms with E-state index in [0.29, 0.717) is 12.5 Å². The highest BCUT2D eigenvalue weighted by atomic mass is 35.5. The van der Waals surface area contributed by atoms with E-state index in [0.717, 1.165) is 21.5 Å². The first-order valence-electron chi connectivity index (χ1n) is 5.34. The second-order valence-electron chi connectivity index (χ2n) is 3.53. The zero-order valence-corrected chi connectivity index (χ0v) is 10.7. The molecule has 88 valence electrons. The first-order valence-corrected chi connectivity index (χ1v) is 6.25. The van der Waals surface area contributed by atoms with E-state index in [1.165, 1.54) is 0 Å². The molecule has 0 aliphatic heterocycles. The third-order valence-corrected chi connectivity index (χ3v) is 2.93. The molecule has 0 saturated heterocycles. The summed E-state index contributed by atoms with van der Waals surface area (Å²) in [5.41, 5.74) is 0. The van der Waals surface area contributed by atoms with Gasteiger partial charge in [-0.15, -0.1) is 11.6 Å². The molecule has 0 saturated carbocycles. The predicted molar refractivity (Wildman–Crippen MR) is 74.3 cm³/mol. The topological polar surface area (TPSA) is 9.23 Å². The summed E-state index contributed by atoms with van der Waals surface area (Å²) in [6, 6.07) is 11.7. The molecule has 0 amide bonds. The summed E-state index contributed by atoms with van der Waals surface area (Å²) in [6.07, 6.45) is 3.76. The van der Waals surface area contributed by atoms with E-state index in [1.807, 2.05) is 48.6 Å². The van der Waals surface area contributed by atoms with Crippen molar-refractivity contribution < 1.29 is 4.74 Å². The summed E-state index contributed by atoms with van der Waals surface area (Å²) in [6.45, 7) is 0.512. The molecule has 0 aliphatic rings. The Morgan fingerprint density at radius 1 is 1.00 bits per heavy atom. The average Bonchev–Trinajstić information content (AvgIpc) is 2.37. The lowest BCUT2D eigenvalue weighted by atomic mass is 10.1. The van der Waals surface area contributed by atoms with Crippen LogP contribution in [0.4, 0.5) is 0 Å². The Kier molecular flexibility index (Phi) is 4.29. The molecule has 2 rings (SSSR count). The van der Waals surface area contributed by atoms with Gasteiger partial charge in [0, 0.05) is 21.7 Å². The molecule has 3 heteroatoms.